The van der Waals surface area contributed by atoms with Gasteiger partial charge in [-0.05, 0) is 69.3 Å². The second kappa shape index (κ2) is 9.07. The largest absolute Gasteiger partial charge is 0.397 e. The van der Waals surface area contributed by atoms with Crippen LogP contribution >= 0.6 is 0 Å². The number of halogens is 1. The number of aryl methyl sites for hydroxylation is 1. The molecule has 4 aromatic rings. The summed E-state index contributed by atoms with van der Waals surface area (Å²) in [6, 6.07) is 12.8. The predicted octanol–water partition coefficient (Wildman–Crippen LogP) is 4.95. The summed E-state index contributed by atoms with van der Waals surface area (Å²) in [6.45, 7) is 6.18. The first-order valence-corrected chi connectivity index (χ1v) is 10.4. The van der Waals surface area contributed by atoms with E-state index >= 15 is 0 Å². The molecule has 4 N–H and O–H groups in total. The zero-order chi connectivity index (χ0) is 23.5. The lowest BCUT2D eigenvalue weighted by Crippen LogP contribution is -2.13. The number of hydrogen-bond donors (Lipinski definition) is 3. The molecule has 8 nitrogen and oxygen atoms in total. The molecule has 33 heavy (non-hydrogen) atoms. The summed E-state index contributed by atoms with van der Waals surface area (Å²) < 4.78 is 15.6. The van der Waals surface area contributed by atoms with Crippen molar-refractivity contribution in [3.8, 4) is 11.3 Å². The zero-order valence-electron chi connectivity index (χ0n) is 18.5. The summed E-state index contributed by atoms with van der Waals surface area (Å²) in [7, 11) is 0. The Morgan fingerprint density at radius 1 is 1.09 bits per heavy atom. The summed E-state index contributed by atoms with van der Waals surface area (Å²) in [6.07, 6.45) is 3.53. The maximum Gasteiger partial charge on any atom is 0.255 e. The van der Waals surface area contributed by atoms with Gasteiger partial charge in [-0.2, -0.15) is 5.10 Å². The highest BCUT2D eigenvalue weighted by atomic mass is 19.1. The minimum Gasteiger partial charge on any atom is -0.397 e. The van der Waals surface area contributed by atoms with Gasteiger partial charge < -0.3 is 20.9 Å². The maximum absolute atomic E-state index is 13.4. The van der Waals surface area contributed by atoms with Gasteiger partial charge in [0.25, 0.3) is 5.91 Å². The van der Waals surface area contributed by atoms with Crippen LogP contribution in [0.3, 0.4) is 0 Å². The highest BCUT2D eigenvalue weighted by Crippen LogP contribution is 2.26. The van der Waals surface area contributed by atoms with Crippen LogP contribution < -0.4 is 16.4 Å². The number of nitrogens with zero attached hydrogens (tertiary/aromatic N) is 4. The van der Waals surface area contributed by atoms with Crippen LogP contribution in [0, 0.1) is 12.7 Å². The first kappa shape index (κ1) is 21.9. The van der Waals surface area contributed by atoms with Crippen molar-refractivity contribution >= 4 is 28.8 Å². The molecule has 9 heteroatoms. The fraction of sp³-hybridized carbons (Fsp3) is 0.167. The fourth-order valence-corrected chi connectivity index (χ4v) is 3.57. The molecular formula is C24H24FN7O. The molecule has 0 bridgehead atoms. The van der Waals surface area contributed by atoms with Gasteiger partial charge in [-0.25, -0.2) is 9.37 Å². The van der Waals surface area contributed by atoms with Crippen LogP contribution in [0.2, 0.25) is 0 Å². The van der Waals surface area contributed by atoms with Crippen molar-refractivity contribution < 1.29 is 9.18 Å². The minimum absolute atomic E-state index is 0.227. The number of nitrogens with one attached hydrogen (secondary N) is 2. The minimum atomic E-state index is -0.478. The maximum atomic E-state index is 13.4. The summed E-state index contributed by atoms with van der Waals surface area (Å²) in [5.74, 6) is 0.624. The second-order valence-corrected chi connectivity index (χ2v) is 7.87. The van der Waals surface area contributed by atoms with Crippen molar-refractivity contribution in [1.82, 2.24) is 19.7 Å². The molecule has 2 heterocycles. The van der Waals surface area contributed by atoms with Crippen molar-refractivity contribution in [1.29, 1.82) is 0 Å². The van der Waals surface area contributed by atoms with E-state index in [1.165, 1.54) is 18.2 Å². The Hall–Kier alpha value is -4.27. The second-order valence-electron chi connectivity index (χ2n) is 7.87. The predicted molar refractivity (Wildman–Crippen MR) is 127 cm³/mol. The third kappa shape index (κ3) is 4.82. The smallest absolute Gasteiger partial charge is 0.255 e. The van der Waals surface area contributed by atoms with Gasteiger partial charge in [-0.1, -0.05) is 0 Å². The van der Waals surface area contributed by atoms with E-state index in [-0.39, 0.29) is 17.4 Å². The molecule has 0 saturated carbocycles. The van der Waals surface area contributed by atoms with E-state index in [1.807, 2.05) is 19.2 Å². The molecule has 0 saturated heterocycles. The van der Waals surface area contributed by atoms with Gasteiger partial charge >= 0.3 is 0 Å². The molecule has 0 radical (unpaired) electrons. The Morgan fingerprint density at radius 3 is 2.58 bits per heavy atom. The Labute approximate surface area is 190 Å². The first-order chi connectivity index (χ1) is 15.8. The lowest BCUT2D eigenvalue weighted by Gasteiger charge is -2.14. The SMILES string of the molecule is Cc1ncc(-c2cnnc(Nc3ccc(C(=O)Nc4cc(F)ccc4N)cc3)c2)n1C(C)C. The lowest BCUT2D eigenvalue weighted by molar-refractivity contribution is 0.102. The Balaban J connectivity index is 1.49. The van der Waals surface area contributed by atoms with E-state index in [9.17, 15) is 9.18 Å². The van der Waals surface area contributed by atoms with Crippen LogP contribution in [0.5, 0.6) is 0 Å². The number of benzene rings is 2. The van der Waals surface area contributed by atoms with E-state index < -0.39 is 11.7 Å². The van der Waals surface area contributed by atoms with Crippen molar-refractivity contribution in [3.63, 3.8) is 0 Å². The lowest BCUT2D eigenvalue weighted by atomic mass is 10.1. The van der Waals surface area contributed by atoms with Crippen LogP contribution in [0.4, 0.5) is 27.3 Å². The van der Waals surface area contributed by atoms with Crippen LogP contribution in [0.25, 0.3) is 11.3 Å². The first-order valence-electron chi connectivity index (χ1n) is 10.4. The summed E-state index contributed by atoms with van der Waals surface area (Å²) in [5.41, 5.74) is 9.30. The highest BCUT2D eigenvalue weighted by molar-refractivity contribution is 6.05. The number of carbonyl (C=O) groups excluding carboxylic acids is 1. The van der Waals surface area contributed by atoms with Crippen molar-refractivity contribution in [2.75, 3.05) is 16.4 Å². The van der Waals surface area contributed by atoms with Crippen molar-refractivity contribution in [2.45, 2.75) is 26.8 Å². The molecule has 2 aromatic heterocycles. The number of amides is 1. The average Bonchev–Trinajstić information content (AvgIpc) is 3.19. The Kier molecular flexibility index (Phi) is 6.03. The number of rotatable bonds is 6. The van der Waals surface area contributed by atoms with Gasteiger partial charge in [0.2, 0.25) is 0 Å². The van der Waals surface area contributed by atoms with E-state index in [0.29, 0.717) is 11.4 Å². The van der Waals surface area contributed by atoms with Gasteiger partial charge in [0, 0.05) is 22.9 Å². The number of hydrogen-bond acceptors (Lipinski definition) is 6. The van der Waals surface area contributed by atoms with E-state index in [4.69, 9.17) is 5.73 Å². The van der Waals surface area contributed by atoms with Crippen molar-refractivity contribution in [3.05, 3.63) is 78.1 Å². The van der Waals surface area contributed by atoms with Crippen LogP contribution in [-0.2, 0) is 0 Å². The number of aromatic nitrogens is 4. The number of nitrogen functional groups attached to an aromatic ring is 1. The number of carbonyl (C=O) groups is 1. The molecule has 2 aromatic carbocycles. The quantitative estimate of drug-likeness (QED) is 0.362. The molecular weight excluding hydrogens is 421 g/mol. The molecule has 0 atom stereocenters. The number of nitrogens with two attached hydrogens (primary N) is 1. The van der Waals surface area contributed by atoms with Gasteiger partial charge in [-0.15, -0.1) is 5.10 Å². The summed E-state index contributed by atoms with van der Waals surface area (Å²) in [4.78, 5) is 16.9. The molecule has 0 spiro atoms. The van der Waals surface area contributed by atoms with Crippen LogP contribution in [-0.4, -0.2) is 25.7 Å². The molecule has 0 aliphatic rings. The number of imidazole rings is 1. The molecule has 1 amide bonds. The van der Waals surface area contributed by atoms with Crippen LogP contribution in [0.15, 0.2) is 60.9 Å². The summed E-state index contributed by atoms with van der Waals surface area (Å²) >= 11 is 0. The average molecular weight is 446 g/mol. The standard InChI is InChI=1S/C24H24FN7O/c1-14(2)32-15(3)27-13-22(32)17-10-23(31-28-12-17)29-19-7-4-16(5-8-19)24(33)30-21-11-18(25)6-9-20(21)26/h4-14H,26H2,1-3H3,(H,29,31)(H,30,33). The third-order valence-electron chi connectivity index (χ3n) is 5.13. The topological polar surface area (TPSA) is 111 Å². The Bertz CT molecular complexity index is 1300. The zero-order valence-corrected chi connectivity index (χ0v) is 18.5. The molecule has 0 aliphatic heterocycles. The van der Waals surface area contributed by atoms with E-state index in [0.717, 1.165) is 22.8 Å². The third-order valence-corrected chi connectivity index (χ3v) is 5.13. The molecule has 4 rings (SSSR count). The molecule has 0 aliphatic carbocycles. The van der Waals surface area contributed by atoms with Gasteiger partial charge in [0.15, 0.2) is 5.82 Å². The fourth-order valence-electron chi connectivity index (χ4n) is 3.57. The molecule has 0 fully saturated rings. The molecule has 168 valence electrons. The monoisotopic (exact) mass is 445 g/mol. The normalized spacial score (nSPS) is 10.9. The Morgan fingerprint density at radius 2 is 1.85 bits per heavy atom. The van der Waals surface area contributed by atoms with E-state index in [2.05, 4.69) is 44.2 Å². The molecule has 0 unspecified atom stereocenters. The van der Waals surface area contributed by atoms with Crippen LogP contribution in [0.1, 0.15) is 36.1 Å². The highest BCUT2D eigenvalue weighted by Gasteiger charge is 2.13. The van der Waals surface area contributed by atoms with E-state index in [1.54, 1.807) is 30.5 Å². The van der Waals surface area contributed by atoms with Gasteiger partial charge in [0.05, 0.1) is 29.5 Å². The van der Waals surface area contributed by atoms with Gasteiger partial charge in [-0.3, -0.25) is 4.79 Å². The summed E-state index contributed by atoms with van der Waals surface area (Å²) in [5, 5.41) is 14.1. The number of anilines is 4. The van der Waals surface area contributed by atoms with Crippen molar-refractivity contribution in [2.24, 2.45) is 0 Å². The van der Waals surface area contributed by atoms with Gasteiger partial charge in [0.1, 0.15) is 11.6 Å².